The first-order valence-corrected chi connectivity index (χ1v) is 8.33. The van der Waals surface area contributed by atoms with Gasteiger partial charge in [-0.15, -0.1) is 0 Å². The summed E-state index contributed by atoms with van der Waals surface area (Å²) < 4.78 is 0.0982. The molecule has 1 amide bonds. The number of thiazole rings is 1. The third-order valence-corrected chi connectivity index (χ3v) is 6.04. The molecular formula is C12H22N4OS2. The third-order valence-electron chi connectivity index (χ3n) is 3.37. The van der Waals surface area contributed by atoms with Gasteiger partial charge in [-0.2, -0.15) is 11.8 Å². The Balaban J connectivity index is 2.71. The lowest BCUT2D eigenvalue weighted by molar-refractivity contribution is 0.0953. The first-order chi connectivity index (χ1) is 9.01. The number of nitrogens with zero attached hydrogens (tertiary/aromatic N) is 1. The second kappa shape index (κ2) is 7.00. The number of hydrogen-bond acceptors (Lipinski definition) is 6. The van der Waals surface area contributed by atoms with Crippen LogP contribution < -0.4 is 16.4 Å². The molecule has 0 aliphatic rings. The second-order valence-electron chi connectivity index (χ2n) is 4.26. The lowest BCUT2D eigenvalue weighted by Crippen LogP contribution is -2.39. The molecule has 0 aliphatic heterocycles. The number of nitrogens with two attached hydrogens (primary N) is 1. The summed E-state index contributed by atoms with van der Waals surface area (Å²) in [5.41, 5.74) is 5.75. The predicted molar refractivity (Wildman–Crippen MR) is 85.2 cm³/mol. The molecule has 7 heteroatoms. The van der Waals surface area contributed by atoms with E-state index in [1.165, 1.54) is 11.3 Å². The van der Waals surface area contributed by atoms with Crippen LogP contribution in [0.15, 0.2) is 0 Å². The molecule has 0 aromatic carbocycles. The van der Waals surface area contributed by atoms with Crippen LogP contribution in [0.1, 0.15) is 36.4 Å². The zero-order valence-corrected chi connectivity index (χ0v) is 13.5. The molecule has 0 aliphatic carbocycles. The molecule has 0 atom stereocenters. The number of nitrogen functional groups attached to an aromatic ring is 1. The zero-order valence-electron chi connectivity index (χ0n) is 11.9. The van der Waals surface area contributed by atoms with Crippen molar-refractivity contribution in [1.29, 1.82) is 0 Å². The molecular weight excluding hydrogens is 280 g/mol. The Labute approximate surface area is 122 Å². The number of aromatic nitrogens is 1. The molecule has 0 bridgehead atoms. The van der Waals surface area contributed by atoms with Gasteiger partial charge in [-0.3, -0.25) is 4.79 Å². The molecule has 0 radical (unpaired) electrons. The van der Waals surface area contributed by atoms with Crippen LogP contribution in [0.4, 0.5) is 10.9 Å². The summed E-state index contributed by atoms with van der Waals surface area (Å²) in [6.07, 6.45) is 4.12. The molecule has 0 saturated carbocycles. The van der Waals surface area contributed by atoms with Gasteiger partial charge in [0.05, 0.1) is 0 Å². The third kappa shape index (κ3) is 3.76. The fourth-order valence-electron chi connectivity index (χ4n) is 1.78. The maximum Gasteiger partial charge on any atom is 0.265 e. The number of hydrogen-bond donors (Lipinski definition) is 3. The van der Waals surface area contributed by atoms with Crippen LogP contribution in [0, 0.1) is 0 Å². The number of rotatable bonds is 7. The Morgan fingerprint density at radius 3 is 2.53 bits per heavy atom. The van der Waals surface area contributed by atoms with Gasteiger partial charge in [0.15, 0.2) is 5.13 Å². The maximum absolute atomic E-state index is 12.1. The van der Waals surface area contributed by atoms with Crippen LogP contribution >= 0.6 is 23.1 Å². The van der Waals surface area contributed by atoms with E-state index in [0.29, 0.717) is 16.6 Å². The highest BCUT2D eigenvalue weighted by molar-refractivity contribution is 8.00. The molecule has 0 spiro atoms. The normalized spacial score (nSPS) is 11.4. The molecule has 5 nitrogen and oxygen atoms in total. The summed E-state index contributed by atoms with van der Waals surface area (Å²) in [7, 11) is 1.76. The van der Waals surface area contributed by atoms with Crippen LogP contribution in [0.3, 0.4) is 0 Å². The van der Waals surface area contributed by atoms with Crippen LogP contribution in [0.2, 0.25) is 0 Å². The fraction of sp³-hybridized carbons (Fsp3) is 0.667. The van der Waals surface area contributed by atoms with Crippen LogP contribution in [-0.4, -0.2) is 35.5 Å². The molecule has 1 aromatic rings. The van der Waals surface area contributed by atoms with E-state index in [4.69, 9.17) is 5.73 Å². The minimum Gasteiger partial charge on any atom is -0.382 e. The number of amides is 1. The minimum atomic E-state index is -0.142. The molecule has 0 unspecified atom stereocenters. The molecule has 19 heavy (non-hydrogen) atoms. The number of nitrogens with one attached hydrogen (secondary N) is 2. The van der Waals surface area contributed by atoms with E-state index in [9.17, 15) is 4.79 Å². The van der Waals surface area contributed by atoms with Gasteiger partial charge in [-0.05, 0) is 19.1 Å². The van der Waals surface area contributed by atoms with Crippen molar-refractivity contribution < 1.29 is 4.79 Å². The Morgan fingerprint density at radius 2 is 2.11 bits per heavy atom. The lowest BCUT2D eigenvalue weighted by Gasteiger charge is -2.29. The highest BCUT2D eigenvalue weighted by Crippen LogP contribution is 2.30. The largest absolute Gasteiger partial charge is 0.382 e. The van der Waals surface area contributed by atoms with E-state index < -0.39 is 0 Å². The van der Waals surface area contributed by atoms with E-state index in [1.54, 1.807) is 18.8 Å². The van der Waals surface area contributed by atoms with Crippen molar-refractivity contribution in [3.05, 3.63) is 4.88 Å². The molecule has 1 heterocycles. The number of thioether (sulfide) groups is 1. The molecule has 0 fully saturated rings. The minimum absolute atomic E-state index is 0.0982. The first kappa shape index (κ1) is 16.1. The molecule has 1 rings (SSSR count). The summed E-state index contributed by atoms with van der Waals surface area (Å²) in [4.78, 5) is 16.7. The maximum atomic E-state index is 12.1. The second-order valence-corrected chi connectivity index (χ2v) is 6.53. The average molecular weight is 302 g/mol. The predicted octanol–water partition coefficient (Wildman–Crippen LogP) is 2.42. The Morgan fingerprint density at radius 1 is 1.47 bits per heavy atom. The molecule has 108 valence electrons. The Hall–Kier alpha value is -0.950. The van der Waals surface area contributed by atoms with Gasteiger partial charge in [0.2, 0.25) is 0 Å². The van der Waals surface area contributed by atoms with Crippen molar-refractivity contribution in [2.24, 2.45) is 0 Å². The van der Waals surface area contributed by atoms with Gasteiger partial charge < -0.3 is 16.4 Å². The van der Waals surface area contributed by atoms with Gasteiger partial charge in [0, 0.05) is 18.3 Å². The summed E-state index contributed by atoms with van der Waals surface area (Å²) in [6, 6.07) is 0. The number of carbonyl (C=O) groups excluding carboxylic acids is 1. The first-order valence-electron chi connectivity index (χ1n) is 6.29. The van der Waals surface area contributed by atoms with E-state index in [2.05, 4.69) is 35.7 Å². The van der Waals surface area contributed by atoms with Crippen molar-refractivity contribution in [3.8, 4) is 0 Å². The highest BCUT2D eigenvalue weighted by atomic mass is 32.2. The molecule has 1 aromatic heterocycles. The van der Waals surface area contributed by atoms with Crippen molar-refractivity contribution in [1.82, 2.24) is 10.3 Å². The summed E-state index contributed by atoms with van der Waals surface area (Å²) >= 11 is 3.07. The number of carbonyl (C=O) groups is 1. The van der Waals surface area contributed by atoms with E-state index >= 15 is 0 Å². The lowest BCUT2D eigenvalue weighted by atomic mass is 10.0. The molecule has 0 saturated heterocycles. The van der Waals surface area contributed by atoms with E-state index in [-0.39, 0.29) is 16.5 Å². The fourth-order valence-corrected chi connectivity index (χ4v) is 3.33. The van der Waals surface area contributed by atoms with E-state index in [0.717, 1.165) is 12.8 Å². The van der Waals surface area contributed by atoms with Crippen LogP contribution in [0.5, 0.6) is 0 Å². The van der Waals surface area contributed by atoms with Crippen molar-refractivity contribution >= 4 is 40.0 Å². The monoisotopic (exact) mass is 302 g/mol. The standard InChI is InChI=1S/C12H22N4OS2/c1-5-12(6-2,18-4)7-15-10(17)8-9(13)16-11(14-3)19-8/h5-7,13H2,1-4H3,(H,14,16)(H,15,17). The smallest absolute Gasteiger partial charge is 0.265 e. The van der Waals surface area contributed by atoms with Gasteiger partial charge in [-0.1, -0.05) is 25.2 Å². The average Bonchev–Trinajstić information content (AvgIpc) is 2.82. The summed E-state index contributed by atoms with van der Waals surface area (Å²) in [5.74, 6) is 0.145. The van der Waals surface area contributed by atoms with Crippen LogP contribution in [0.25, 0.3) is 0 Å². The topological polar surface area (TPSA) is 80.0 Å². The SMILES string of the molecule is CCC(CC)(CNC(=O)c1sc(NC)nc1N)SC. The summed E-state index contributed by atoms with van der Waals surface area (Å²) in [6.45, 7) is 4.94. The van der Waals surface area contributed by atoms with Gasteiger partial charge in [-0.25, -0.2) is 4.98 Å². The van der Waals surface area contributed by atoms with Crippen molar-refractivity contribution in [3.63, 3.8) is 0 Å². The van der Waals surface area contributed by atoms with E-state index in [1.807, 2.05) is 0 Å². The van der Waals surface area contributed by atoms with Gasteiger partial charge >= 0.3 is 0 Å². The highest BCUT2D eigenvalue weighted by Gasteiger charge is 2.26. The summed E-state index contributed by atoms with van der Waals surface area (Å²) in [5, 5.41) is 6.52. The van der Waals surface area contributed by atoms with Gasteiger partial charge in [0.25, 0.3) is 5.91 Å². The Bertz CT molecular complexity index is 421. The molecule has 4 N–H and O–H groups in total. The Kier molecular flexibility index (Phi) is 5.93. The number of anilines is 2. The van der Waals surface area contributed by atoms with Gasteiger partial charge in [0.1, 0.15) is 10.7 Å². The van der Waals surface area contributed by atoms with Crippen molar-refractivity contribution in [2.45, 2.75) is 31.4 Å². The quantitative estimate of drug-likeness (QED) is 0.721. The van der Waals surface area contributed by atoms with Crippen LogP contribution in [-0.2, 0) is 0 Å². The zero-order chi connectivity index (χ0) is 14.5. The van der Waals surface area contributed by atoms with Crippen molar-refractivity contribution in [2.75, 3.05) is 30.9 Å².